The first-order valence-corrected chi connectivity index (χ1v) is 8.11. The van der Waals surface area contributed by atoms with E-state index in [1.165, 1.54) is 11.1 Å². The minimum absolute atomic E-state index is 0.00957. The summed E-state index contributed by atoms with van der Waals surface area (Å²) in [6.45, 7) is 6.61. The van der Waals surface area contributed by atoms with Gasteiger partial charge in [0, 0.05) is 24.4 Å². The monoisotopic (exact) mass is 313 g/mol. The molecule has 2 aromatic rings. The van der Waals surface area contributed by atoms with Gasteiger partial charge >= 0.3 is 0 Å². The molecule has 5 heteroatoms. The molecule has 5 nitrogen and oxygen atoms in total. The highest BCUT2D eigenvalue weighted by molar-refractivity contribution is 5.78. The Kier molecular flexibility index (Phi) is 4.76. The van der Waals surface area contributed by atoms with E-state index in [1.807, 2.05) is 29.8 Å². The molecule has 1 aromatic heterocycles. The quantitative estimate of drug-likeness (QED) is 0.921. The summed E-state index contributed by atoms with van der Waals surface area (Å²) in [6, 6.07) is 10.3. The molecule has 0 unspecified atom stereocenters. The molecule has 1 aromatic carbocycles. The average Bonchev–Trinajstić information content (AvgIpc) is 3.17. The van der Waals surface area contributed by atoms with Crippen molar-refractivity contribution < 1.29 is 9.53 Å². The van der Waals surface area contributed by atoms with E-state index in [4.69, 9.17) is 4.74 Å². The van der Waals surface area contributed by atoms with Crippen molar-refractivity contribution in [3.8, 4) is 11.1 Å². The molecule has 0 saturated carbocycles. The average molecular weight is 313 g/mol. The largest absolute Gasteiger partial charge is 0.381 e. The summed E-state index contributed by atoms with van der Waals surface area (Å²) in [6.07, 6.45) is 0.823. The molecular formula is C18H23N3O2. The van der Waals surface area contributed by atoms with Crippen LogP contribution >= 0.6 is 0 Å². The van der Waals surface area contributed by atoms with E-state index >= 15 is 0 Å². The standard InChI is InChI=1S/C18H23N3O2/c1-13-17(15-6-4-3-5-7-15)14(2)21(20-13)10-9-19-18(22)16-8-11-23-12-16/h3-7,16H,8-12H2,1-2H3,(H,19,22)/t16-/m0/s1. The van der Waals surface area contributed by atoms with Crippen LogP contribution in [0.3, 0.4) is 0 Å². The molecule has 1 amide bonds. The Hall–Kier alpha value is -2.14. The van der Waals surface area contributed by atoms with Gasteiger partial charge in [0.2, 0.25) is 5.91 Å². The number of amides is 1. The zero-order valence-electron chi connectivity index (χ0n) is 13.7. The van der Waals surface area contributed by atoms with Gasteiger partial charge in [-0.05, 0) is 25.8 Å². The van der Waals surface area contributed by atoms with Crippen LogP contribution in [0, 0.1) is 19.8 Å². The van der Waals surface area contributed by atoms with Crippen LogP contribution in [0.2, 0.25) is 0 Å². The number of nitrogens with zero attached hydrogens (tertiary/aromatic N) is 2. The lowest BCUT2D eigenvalue weighted by molar-refractivity contribution is -0.124. The number of carbonyl (C=O) groups is 1. The van der Waals surface area contributed by atoms with Crippen LogP contribution in [0.1, 0.15) is 17.8 Å². The predicted octanol–water partition coefficient (Wildman–Crippen LogP) is 2.32. The van der Waals surface area contributed by atoms with E-state index in [0.717, 1.165) is 17.8 Å². The Bertz CT molecular complexity index is 673. The molecule has 2 heterocycles. The first kappa shape index (κ1) is 15.7. The highest BCUT2D eigenvalue weighted by Crippen LogP contribution is 2.26. The van der Waals surface area contributed by atoms with Gasteiger partial charge in [-0.15, -0.1) is 0 Å². The normalized spacial score (nSPS) is 17.4. The Labute approximate surface area is 136 Å². The molecule has 0 radical (unpaired) electrons. The van der Waals surface area contributed by atoms with Crippen molar-refractivity contribution in [3.05, 3.63) is 41.7 Å². The SMILES string of the molecule is Cc1nn(CCNC(=O)[C@H]2CCOC2)c(C)c1-c1ccccc1. The number of nitrogens with one attached hydrogen (secondary N) is 1. The lowest BCUT2D eigenvalue weighted by Gasteiger charge is -2.10. The van der Waals surface area contributed by atoms with Gasteiger partial charge in [0.15, 0.2) is 0 Å². The van der Waals surface area contributed by atoms with Gasteiger partial charge in [-0.1, -0.05) is 30.3 Å². The molecular weight excluding hydrogens is 290 g/mol. The highest BCUT2D eigenvalue weighted by Gasteiger charge is 2.23. The van der Waals surface area contributed by atoms with E-state index < -0.39 is 0 Å². The number of aryl methyl sites for hydroxylation is 1. The lowest BCUT2D eigenvalue weighted by atomic mass is 10.0. The van der Waals surface area contributed by atoms with E-state index in [2.05, 4.69) is 29.5 Å². The molecule has 0 spiro atoms. The first-order valence-electron chi connectivity index (χ1n) is 8.11. The fourth-order valence-corrected chi connectivity index (χ4v) is 3.11. The molecule has 0 aliphatic carbocycles. The number of hydrogen-bond acceptors (Lipinski definition) is 3. The molecule has 23 heavy (non-hydrogen) atoms. The second-order valence-electron chi connectivity index (χ2n) is 5.99. The number of ether oxygens (including phenoxy) is 1. The van der Waals surface area contributed by atoms with Crippen molar-refractivity contribution in [2.24, 2.45) is 5.92 Å². The molecule has 0 bridgehead atoms. The molecule has 3 rings (SSSR count). The van der Waals surface area contributed by atoms with Crippen LogP contribution in [0.4, 0.5) is 0 Å². The minimum atomic E-state index is 0.00957. The third kappa shape index (κ3) is 3.45. The van der Waals surface area contributed by atoms with Crippen molar-refractivity contribution in [2.45, 2.75) is 26.8 Å². The molecule has 1 saturated heterocycles. The zero-order chi connectivity index (χ0) is 16.2. The lowest BCUT2D eigenvalue weighted by Crippen LogP contribution is -2.33. The van der Waals surface area contributed by atoms with Crippen molar-refractivity contribution >= 4 is 5.91 Å². The summed E-state index contributed by atoms with van der Waals surface area (Å²) in [5, 5.41) is 7.61. The zero-order valence-corrected chi connectivity index (χ0v) is 13.7. The number of aromatic nitrogens is 2. The van der Waals surface area contributed by atoms with Crippen LogP contribution in [0.5, 0.6) is 0 Å². The first-order chi connectivity index (χ1) is 11.2. The fraction of sp³-hybridized carbons (Fsp3) is 0.444. The van der Waals surface area contributed by atoms with Gasteiger partial charge in [0.25, 0.3) is 0 Å². The van der Waals surface area contributed by atoms with E-state index in [-0.39, 0.29) is 11.8 Å². The van der Waals surface area contributed by atoms with Gasteiger partial charge in [0.1, 0.15) is 0 Å². The fourth-order valence-electron chi connectivity index (χ4n) is 3.11. The summed E-state index contributed by atoms with van der Waals surface area (Å²) in [5.41, 5.74) is 4.51. The number of benzene rings is 1. The van der Waals surface area contributed by atoms with E-state index in [0.29, 0.717) is 26.3 Å². The second kappa shape index (κ2) is 6.96. The maximum absolute atomic E-state index is 12.0. The van der Waals surface area contributed by atoms with Crippen molar-refractivity contribution in [3.63, 3.8) is 0 Å². The van der Waals surface area contributed by atoms with Crippen LogP contribution in [0.15, 0.2) is 30.3 Å². The highest BCUT2D eigenvalue weighted by atomic mass is 16.5. The predicted molar refractivity (Wildman–Crippen MR) is 89.1 cm³/mol. The number of carbonyl (C=O) groups excluding carboxylic acids is 1. The third-order valence-corrected chi connectivity index (χ3v) is 4.37. The third-order valence-electron chi connectivity index (χ3n) is 4.37. The Morgan fingerprint density at radius 2 is 2.13 bits per heavy atom. The van der Waals surface area contributed by atoms with Crippen LogP contribution in [-0.2, 0) is 16.1 Å². The smallest absolute Gasteiger partial charge is 0.225 e. The maximum Gasteiger partial charge on any atom is 0.225 e. The maximum atomic E-state index is 12.0. The van der Waals surface area contributed by atoms with Crippen molar-refractivity contribution in [1.29, 1.82) is 0 Å². The molecule has 122 valence electrons. The molecule has 1 atom stereocenters. The molecule has 1 N–H and O–H groups in total. The minimum Gasteiger partial charge on any atom is -0.381 e. The van der Waals surface area contributed by atoms with Gasteiger partial charge in [0.05, 0.1) is 24.8 Å². The number of rotatable bonds is 5. The summed E-state index contributed by atoms with van der Waals surface area (Å²) < 4.78 is 7.23. The summed E-state index contributed by atoms with van der Waals surface area (Å²) in [4.78, 5) is 12.0. The van der Waals surface area contributed by atoms with E-state index in [1.54, 1.807) is 0 Å². The van der Waals surface area contributed by atoms with Gasteiger partial charge in [-0.3, -0.25) is 9.48 Å². The molecule has 1 aliphatic rings. The van der Waals surface area contributed by atoms with Gasteiger partial charge < -0.3 is 10.1 Å². The van der Waals surface area contributed by atoms with Gasteiger partial charge in [-0.2, -0.15) is 5.10 Å². The van der Waals surface area contributed by atoms with Crippen molar-refractivity contribution in [2.75, 3.05) is 19.8 Å². The van der Waals surface area contributed by atoms with Crippen LogP contribution in [-0.4, -0.2) is 35.4 Å². The molecule has 1 fully saturated rings. The van der Waals surface area contributed by atoms with Crippen molar-refractivity contribution in [1.82, 2.24) is 15.1 Å². The topological polar surface area (TPSA) is 56.2 Å². The van der Waals surface area contributed by atoms with Gasteiger partial charge in [-0.25, -0.2) is 0 Å². The van der Waals surface area contributed by atoms with E-state index in [9.17, 15) is 4.79 Å². The Morgan fingerprint density at radius 1 is 1.35 bits per heavy atom. The summed E-state index contributed by atoms with van der Waals surface area (Å²) in [5.74, 6) is 0.0997. The van der Waals surface area contributed by atoms with Crippen LogP contribution < -0.4 is 5.32 Å². The summed E-state index contributed by atoms with van der Waals surface area (Å²) in [7, 11) is 0. The summed E-state index contributed by atoms with van der Waals surface area (Å²) >= 11 is 0. The molecule has 1 aliphatic heterocycles. The van der Waals surface area contributed by atoms with Crippen LogP contribution in [0.25, 0.3) is 11.1 Å². The number of hydrogen-bond donors (Lipinski definition) is 1. The Balaban J connectivity index is 1.64. The second-order valence-corrected chi connectivity index (χ2v) is 5.99. The Morgan fingerprint density at radius 3 is 2.83 bits per heavy atom.